The number of amides is 1. The normalized spacial score (nSPS) is 16.3. The summed E-state index contributed by atoms with van der Waals surface area (Å²) in [5.74, 6) is 0.221. The highest BCUT2D eigenvalue weighted by atomic mass is 19.1. The third kappa shape index (κ3) is 5.35. The van der Waals surface area contributed by atoms with Crippen molar-refractivity contribution in [1.29, 1.82) is 0 Å². The predicted molar refractivity (Wildman–Crippen MR) is 144 cm³/mol. The number of ether oxygens (including phenoxy) is 1. The summed E-state index contributed by atoms with van der Waals surface area (Å²) in [6.07, 6.45) is 4.03. The van der Waals surface area contributed by atoms with Crippen LogP contribution in [0, 0.1) is 0 Å². The minimum Gasteiger partial charge on any atom is -0.457 e. The van der Waals surface area contributed by atoms with Crippen LogP contribution in [-0.4, -0.2) is 48.7 Å². The summed E-state index contributed by atoms with van der Waals surface area (Å²) < 4.78 is 22.3. The molecule has 2 aromatic carbocycles. The lowest BCUT2D eigenvalue weighted by molar-refractivity contribution is -0.129. The summed E-state index contributed by atoms with van der Waals surface area (Å²) in [4.78, 5) is 23.0. The van der Waals surface area contributed by atoms with Gasteiger partial charge in [-0.05, 0) is 69.2 Å². The minimum absolute atomic E-state index is 0.253. The zero-order valence-corrected chi connectivity index (χ0v) is 21.3. The Kier molecular flexibility index (Phi) is 6.81. The fourth-order valence-corrected chi connectivity index (χ4v) is 4.68. The number of fused-ring (bicyclic) bond motifs is 1. The number of para-hydroxylation sites is 1. The van der Waals surface area contributed by atoms with Crippen molar-refractivity contribution >= 4 is 22.8 Å². The van der Waals surface area contributed by atoms with E-state index in [1.807, 2.05) is 54.6 Å². The van der Waals surface area contributed by atoms with Crippen molar-refractivity contribution in [2.45, 2.75) is 44.8 Å². The Bertz CT molecular complexity index is 1480. The molecule has 1 fully saturated rings. The van der Waals surface area contributed by atoms with Crippen molar-refractivity contribution < 1.29 is 13.9 Å². The van der Waals surface area contributed by atoms with Crippen molar-refractivity contribution in [3.63, 3.8) is 0 Å². The van der Waals surface area contributed by atoms with E-state index in [1.54, 1.807) is 23.4 Å². The van der Waals surface area contributed by atoms with Crippen molar-refractivity contribution in [3.05, 3.63) is 72.8 Å². The van der Waals surface area contributed by atoms with Crippen LogP contribution < -0.4 is 16.2 Å². The van der Waals surface area contributed by atoms with Crippen LogP contribution in [0.3, 0.4) is 0 Å². The number of nitrogen functional groups attached to an aromatic ring is 1. The molecule has 0 radical (unpaired) electrons. The van der Waals surface area contributed by atoms with E-state index in [1.165, 1.54) is 6.33 Å². The van der Waals surface area contributed by atoms with Gasteiger partial charge < -0.3 is 21.1 Å². The molecular formula is C28H30FN7O2. The Hall–Kier alpha value is -4.31. The van der Waals surface area contributed by atoms with Crippen LogP contribution in [0.1, 0.15) is 26.7 Å². The van der Waals surface area contributed by atoms with Crippen molar-refractivity contribution in [2.75, 3.05) is 12.3 Å². The lowest BCUT2D eigenvalue weighted by atomic mass is 10.1. The fraction of sp³-hybridized carbons (Fsp3) is 0.286. The Morgan fingerprint density at radius 3 is 2.55 bits per heavy atom. The number of rotatable bonds is 7. The number of aromatic nitrogens is 4. The number of benzene rings is 2. The first-order valence-electron chi connectivity index (χ1n) is 12.5. The number of hydrogen-bond acceptors (Lipinski definition) is 7. The number of hydrogen-bond donors (Lipinski definition) is 2. The molecule has 2 aromatic heterocycles. The molecule has 1 saturated heterocycles. The first-order valence-corrected chi connectivity index (χ1v) is 12.5. The molecule has 1 unspecified atom stereocenters. The highest BCUT2D eigenvalue weighted by molar-refractivity contribution is 5.98. The summed E-state index contributed by atoms with van der Waals surface area (Å²) in [6, 6.07) is 16.8. The predicted octanol–water partition coefficient (Wildman–Crippen LogP) is 4.45. The van der Waals surface area contributed by atoms with Gasteiger partial charge in [0, 0.05) is 17.6 Å². The number of halogens is 1. The summed E-state index contributed by atoms with van der Waals surface area (Å²) in [7, 11) is 0. The number of nitrogens with zero attached hydrogens (tertiary/aromatic N) is 5. The second kappa shape index (κ2) is 10.2. The van der Waals surface area contributed by atoms with Crippen LogP contribution in [0.15, 0.2) is 72.8 Å². The Morgan fingerprint density at radius 1 is 1.13 bits per heavy atom. The maximum Gasteiger partial charge on any atom is 0.282 e. The summed E-state index contributed by atoms with van der Waals surface area (Å²) in [5.41, 5.74) is 13.2. The number of carbonyl (C=O) groups excluding carboxylic acids is 1. The number of likely N-dealkylation sites (tertiary alicyclic amines) is 1. The molecule has 9 nitrogen and oxygen atoms in total. The highest BCUT2D eigenvalue weighted by Crippen LogP contribution is 2.33. The van der Waals surface area contributed by atoms with Crippen molar-refractivity contribution in [3.8, 4) is 22.8 Å². The van der Waals surface area contributed by atoms with Gasteiger partial charge in [0.25, 0.3) is 5.91 Å². The highest BCUT2D eigenvalue weighted by Gasteiger charge is 2.33. The molecule has 0 saturated carbocycles. The molecule has 38 heavy (non-hydrogen) atoms. The molecule has 1 aliphatic heterocycles. The van der Waals surface area contributed by atoms with Gasteiger partial charge in [-0.2, -0.15) is 5.10 Å². The van der Waals surface area contributed by atoms with E-state index >= 15 is 0 Å². The average Bonchev–Trinajstić information content (AvgIpc) is 3.49. The largest absolute Gasteiger partial charge is 0.457 e. The van der Waals surface area contributed by atoms with E-state index in [0.717, 1.165) is 23.8 Å². The Morgan fingerprint density at radius 2 is 1.84 bits per heavy atom. The third-order valence-corrected chi connectivity index (χ3v) is 6.39. The molecular weight excluding hydrogens is 485 g/mol. The standard InChI is InChI=1S/C28H30FN7O2/c1-28(2,31)15-22(29)27(37)35-14-6-7-19(35)16-36-26-23(25(30)32-17-33-26)24(34-36)18-10-12-21(13-11-18)38-20-8-4-3-5-9-20/h3-5,8-13,15,17,19H,6-7,14,16,31H2,1-2H3,(H2,30,32,33). The molecule has 196 valence electrons. The first kappa shape index (κ1) is 25.3. The Balaban J connectivity index is 1.43. The van der Waals surface area contributed by atoms with Crippen LogP contribution >= 0.6 is 0 Å². The average molecular weight is 516 g/mol. The molecule has 10 heteroatoms. The molecule has 1 amide bonds. The fourth-order valence-electron chi connectivity index (χ4n) is 4.68. The van der Waals surface area contributed by atoms with Crippen LogP contribution in [-0.2, 0) is 11.3 Å². The maximum atomic E-state index is 14.7. The Labute approximate surface area is 219 Å². The van der Waals surface area contributed by atoms with Gasteiger partial charge in [0.15, 0.2) is 11.5 Å². The summed E-state index contributed by atoms with van der Waals surface area (Å²) in [6.45, 7) is 4.08. The molecule has 5 rings (SSSR count). The van der Waals surface area contributed by atoms with Gasteiger partial charge in [-0.15, -0.1) is 0 Å². The van der Waals surface area contributed by atoms with Crippen LogP contribution in [0.2, 0.25) is 0 Å². The molecule has 1 atom stereocenters. The topological polar surface area (TPSA) is 125 Å². The van der Waals surface area contributed by atoms with E-state index in [9.17, 15) is 9.18 Å². The molecule has 0 spiro atoms. The smallest absolute Gasteiger partial charge is 0.282 e. The molecule has 0 bridgehead atoms. The van der Waals surface area contributed by atoms with Crippen LogP contribution in [0.25, 0.3) is 22.3 Å². The van der Waals surface area contributed by atoms with E-state index in [2.05, 4.69) is 9.97 Å². The van der Waals surface area contributed by atoms with Gasteiger partial charge in [-0.1, -0.05) is 18.2 Å². The van der Waals surface area contributed by atoms with E-state index in [0.29, 0.717) is 47.8 Å². The quantitative estimate of drug-likeness (QED) is 0.348. The van der Waals surface area contributed by atoms with E-state index < -0.39 is 17.3 Å². The molecule has 3 heterocycles. The van der Waals surface area contributed by atoms with Gasteiger partial charge in [0.1, 0.15) is 29.3 Å². The lowest BCUT2D eigenvalue weighted by Gasteiger charge is -2.25. The SMILES string of the molecule is CC(C)(N)C=C(F)C(=O)N1CCCC1Cn1nc(-c2ccc(Oc3ccccc3)cc2)c2c(N)ncnc21. The minimum atomic E-state index is -0.932. The molecule has 4 N–H and O–H groups in total. The lowest BCUT2D eigenvalue weighted by Crippen LogP contribution is -2.39. The van der Waals surface area contributed by atoms with E-state index in [4.69, 9.17) is 21.3 Å². The zero-order valence-electron chi connectivity index (χ0n) is 21.3. The van der Waals surface area contributed by atoms with Crippen LogP contribution in [0.5, 0.6) is 11.5 Å². The van der Waals surface area contributed by atoms with Gasteiger partial charge in [0.05, 0.1) is 18.0 Å². The third-order valence-electron chi connectivity index (χ3n) is 6.39. The second-order valence-electron chi connectivity index (χ2n) is 10.0. The van der Waals surface area contributed by atoms with Crippen molar-refractivity contribution in [1.82, 2.24) is 24.6 Å². The second-order valence-corrected chi connectivity index (χ2v) is 10.0. The monoisotopic (exact) mass is 515 g/mol. The molecule has 1 aliphatic rings. The van der Waals surface area contributed by atoms with Gasteiger partial charge in [-0.25, -0.2) is 19.0 Å². The zero-order chi connectivity index (χ0) is 26.9. The number of anilines is 1. The van der Waals surface area contributed by atoms with Gasteiger partial charge in [-0.3, -0.25) is 4.79 Å². The van der Waals surface area contributed by atoms with Crippen LogP contribution in [0.4, 0.5) is 10.2 Å². The van der Waals surface area contributed by atoms with E-state index in [-0.39, 0.29) is 6.04 Å². The maximum absolute atomic E-state index is 14.7. The van der Waals surface area contributed by atoms with Gasteiger partial charge >= 0.3 is 0 Å². The van der Waals surface area contributed by atoms with Gasteiger partial charge in [0.2, 0.25) is 0 Å². The number of nitrogens with two attached hydrogens (primary N) is 2. The first-order chi connectivity index (χ1) is 18.2. The van der Waals surface area contributed by atoms with Crippen molar-refractivity contribution in [2.24, 2.45) is 5.73 Å². The summed E-state index contributed by atoms with van der Waals surface area (Å²) in [5, 5.41) is 5.44. The molecule has 0 aliphatic carbocycles. The molecule has 4 aromatic rings. The summed E-state index contributed by atoms with van der Waals surface area (Å²) >= 11 is 0. The number of carbonyl (C=O) groups is 1.